The van der Waals surface area contributed by atoms with Crippen LogP contribution in [0.25, 0.3) is 66.1 Å². The smallest absolute Gasteiger partial charge is 0.0726 e. The SMILES string of the molecule is c1ccc(N(c2ccccc2)c2ccc(C3c4ccc5ccccc5c4-c4ccc(-c5ccc(N(c6ccccc6)c6ccc7c(c6)C6(c8ccccc8-c8ccccc86)c6ccccc6-7)cc5)c5cccc3c45)cc2)cc1. The highest BCUT2D eigenvalue weighted by Gasteiger charge is 2.51. The molecule has 3 aliphatic carbocycles. The summed E-state index contributed by atoms with van der Waals surface area (Å²) in [6.45, 7) is 0. The van der Waals surface area contributed by atoms with Crippen LogP contribution in [0.3, 0.4) is 0 Å². The van der Waals surface area contributed by atoms with Gasteiger partial charge >= 0.3 is 0 Å². The third-order valence-electron chi connectivity index (χ3n) is 17.1. The number of hydrogen-bond donors (Lipinski definition) is 0. The van der Waals surface area contributed by atoms with Crippen molar-refractivity contribution in [2.45, 2.75) is 11.3 Å². The molecule has 364 valence electrons. The largest absolute Gasteiger partial charge is 0.311 e. The van der Waals surface area contributed by atoms with Crippen LogP contribution >= 0.6 is 0 Å². The predicted molar refractivity (Wildman–Crippen MR) is 325 cm³/mol. The van der Waals surface area contributed by atoms with Gasteiger partial charge in [0.15, 0.2) is 0 Å². The van der Waals surface area contributed by atoms with E-state index in [2.05, 4.69) is 307 Å². The van der Waals surface area contributed by atoms with E-state index in [0.717, 1.165) is 34.1 Å². The fraction of sp³-hybridized carbons (Fsp3) is 0.0263. The van der Waals surface area contributed by atoms with Gasteiger partial charge in [0.05, 0.1) is 5.41 Å². The molecule has 16 rings (SSSR count). The van der Waals surface area contributed by atoms with Crippen molar-refractivity contribution in [3.8, 4) is 44.5 Å². The fourth-order valence-electron chi connectivity index (χ4n) is 13.9. The quantitative estimate of drug-likeness (QED) is 0.150. The number of nitrogens with zero attached hydrogens (tertiary/aromatic N) is 2. The van der Waals surface area contributed by atoms with Crippen LogP contribution in [-0.4, -0.2) is 0 Å². The monoisotopic (exact) mass is 990 g/mol. The van der Waals surface area contributed by atoms with Crippen LogP contribution in [0.4, 0.5) is 34.1 Å². The van der Waals surface area contributed by atoms with Gasteiger partial charge in [-0.3, -0.25) is 0 Å². The second-order valence-electron chi connectivity index (χ2n) is 21.0. The molecule has 3 aliphatic rings. The molecule has 0 N–H and O–H groups in total. The summed E-state index contributed by atoms with van der Waals surface area (Å²) >= 11 is 0. The highest BCUT2D eigenvalue weighted by Crippen LogP contribution is 2.63. The first kappa shape index (κ1) is 44.3. The summed E-state index contributed by atoms with van der Waals surface area (Å²) in [5.74, 6) is 0.0271. The molecule has 1 atom stereocenters. The van der Waals surface area contributed by atoms with Crippen LogP contribution in [0.15, 0.2) is 297 Å². The van der Waals surface area contributed by atoms with E-state index < -0.39 is 5.41 Å². The van der Waals surface area contributed by atoms with Crippen LogP contribution in [-0.2, 0) is 5.41 Å². The van der Waals surface area contributed by atoms with Gasteiger partial charge in [0.25, 0.3) is 0 Å². The van der Waals surface area contributed by atoms with Crippen molar-refractivity contribution in [2.24, 2.45) is 0 Å². The van der Waals surface area contributed by atoms with Gasteiger partial charge in [-0.1, -0.05) is 224 Å². The number of rotatable bonds is 8. The van der Waals surface area contributed by atoms with Gasteiger partial charge in [-0.2, -0.15) is 0 Å². The van der Waals surface area contributed by atoms with Crippen molar-refractivity contribution in [3.05, 3.63) is 336 Å². The van der Waals surface area contributed by atoms with Crippen molar-refractivity contribution < 1.29 is 0 Å². The molecule has 0 amide bonds. The van der Waals surface area contributed by atoms with Crippen molar-refractivity contribution in [3.63, 3.8) is 0 Å². The van der Waals surface area contributed by atoms with Crippen LogP contribution < -0.4 is 9.80 Å². The number of para-hydroxylation sites is 3. The molecule has 0 bridgehead atoms. The highest BCUT2D eigenvalue weighted by atomic mass is 15.1. The molecule has 2 heteroatoms. The van der Waals surface area contributed by atoms with Gasteiger partial charge in [0, 0.05) is 40.0 Å². The maximum atomic E-state index is 2.48. The first-order valence-corrected chi connectivity index (χ1v) is 27.2. The summed E-state index contributed by atoms with van der Waals surface area (Å²) in [5, 5.41) is 5.12. The van der Waals surface area contributed by atoms with Crippen LogP contribution in [0.1, 0.15) is 44.9 Å². The fourth-order valence-corrected chi connectivity index (χ4v) is 13.9. The predicted octanol–water partition coefficient (Wildman–Crippen LogP) is 20.1. The average Bonchev–Trinajstić information content (AvgIpc) is 3.78. The van der Waals surface area contributed by atoms with Crippen molar-refractivity contribution in [1.82, 2.24) is 0 Å². The van der Waals surface area contributed by atoms with E-state index in [1.165, 1.54) is 105 Å². The summed E-state index contributed by atoms with van der Waals surface area (Å²) < 4.78 is 0. The molecule has 0 saturated carbocycles. The standard InChI is InChI=1S/C76H50N2/c1-4-20-53(21-5-1)77(54-22-6-2-7-23-54)56-42-37-52(38-43-56)73-66-31-18-30-65-59(47-48-68(75(65)66)74-60-26-11-10-19-50(60)39-45-67(73)74)51-35-40-57(41-36-51)78(55-24-8-3-9-25-55)58-44-46-64-63-29-14-17-34-71(63)76(72(64)49-58)69-32-15-12-27-61(69)62-28-13-16-33-70(62)76/h1-49,73H. The molecule has 0 radical (unpaired) electrons. The van der Waals surface area contributed by atoms with E-state index in [0.29, 0.717) is 0 Å². The van der Waals surface area contributed by atoms with Crippen molar-refractivity contribution in [1.29, 1.82) is 0 Å². The lowest BCUT2D eigenvalue weighted by atomic mass is 9.70. The second-order valence-corrected chi connectivity index (χ2v) is 21.0. The van der Waals surface area contributed by atoms with E-state index in [-0.39, 0.29) is 5.92 Å². The minimum absolute atomic E-state index is 0.0271. The molecule has 2 nitrogen and oxygen atoms in total. The Kier molecular flexibility index (Phi) is 9.95. The second kappa shape index (κ2) is 17.5. The molecule has 0 fully saturated rings. The zero-order chi connectivity index (χ0) is 51.3. The maximum Gasteiger partial charge on any atom is 0.0726 e. The van der Waals surface area contributed by atoms with Crippen molar-refractivity contribution in [2.75, 3.05) is 9.80 Å². The number of anilines is 6. The molecule has 1 unspecified atom stereocenters. The Hall–Kier alpha value is -10.0. The third-order valence-corrected chi connectivity index (χ3v) is 17.1. The minimum atomic E-state index is -0.433. The Balaban J connectivity index is 0.825. The molecule has 0 saturated heterocycles. The first-order chi connectivity index (χ1) is 38.7. The Morgan fingerprint density at radius 1 is 0.269 bits per heavy atom. The molecular formula is C76H50N2. The summed E-state index contributed by atoms with van der Waals surface area (Å²) in [7, 11) is 0. The lowest BCUT2D eigenvalue weighted by molar-refractivity contribution is 0.793. The van der Waals surface area contributed by atoms with Gasteiger partial charge < -0.3 is 9.80 Å². The molecule has 0 aliphatic heterocycles. The minimum Gasteiger partial charge on any atom is -0.311 e. The molecule has 0 heterocycles. The summed E-state index contributed by atoms with van der Waals surface area (Å²) in [6, 6.07) is 110. The molecule has 1 spiro atoms. The Morgan fingerprint density at radius 3 is 1.32 bits per heavy atom. The Morgan fingerprint density at radius 2 is 0.718 bits per heavy atom. The summed E-state index contributed by atoms with van der Waals surface area (Å²) in [5.41, 5.74) is 25.8. The molecule has 0 aromatic heterocycles. The summed E-state index contributed by atoms with van der Waals surface area (Å²) in [6.07, 6.45) is 0. The van der Waals surface area contributed by atoms with Crippen LogP contribution in [0.5, 0.6) is 0 Å². The van der Waals surface area contributed by atoms with E-state index in [9.17, 15) is 0 Å². The van der Waals surface area contributed by atoms with Crippen LogP contribution in [0, 0.1) is 0 Å². The maximum absolute atomic E-state index is 2.48. The molecule has 13 aromatic rings. The number of fused-ring (bicyclic) bond motifs is 14. The van der Waals surface area contributed by atoms with E-state index in [1.54, 1.807) is 0 Å². The van der Waals surface area contributed by atoms with E-state index in [4.69, 9.17) is 0 Å². The van der Waals surface area contributed by atoms with Gasteiger partial charge in [-0.25, -0.2) is 0 Å². The Bertz CT molecular complexity index is 4380. The zero-order valence-corrected chi connectivity index (χ0v) is 42.8. The summed E-state index contributed by atoms with van der Waals surface area (Å²) in [4.78, 5) is 4.77. The topological polar surface area (TPSA) is 6.48 Å². The zero-order valence-electron chi connectivity index (χ0n) is 42.8. The average molecular weight is 991 g/mol. The normalized spacial score (nSPS) is 13.9. The van der Waals surface area contributed by atoms with Crippen LogP contribution in [0.2, 0.25) is 0 Å². The lowest BCUT2D eigenvalue weighted by Crippen LogP contribution is -2.26. The van der Waals surface area contributed by atoms with E-state index >= 15 is 0 Å². The molecule has 13 aromatic carbocycles. The Labute approximate surface area is 455 Å². The molecular weight excluding hydrogens is 941 g/mol. The third kappa shape index (κ3) is 6.50. The lowest BCUT2D eigenvalue weighted by Gasteiger charge is -2.32. The van der Waals surface area contributed by atoms with Gasteiger partial charge in [0.1, 0.15) is 0 Å². The van der Waals surface area contributed by atoms with Gasteiger partial charge in [-0.15, -0.1) is 0 Å². The molecule has 78 heavy (non-hydrogen) atoms. The first-order valence-electron chi connectivity index (χ1n) is 27.2. The van der Waals surface area contributed by atoms with E-state index in [1.807, 2.05) is 0 Å². The van der Waals surface area contributed by atoms with Gasteiger partial charge in [-0.05, 0) is 178 Å². The number of benzene rings is 13. The van der Waals surface area contributed by atoms with Gasteiger partial charge in [0.2, 0.25) is 0 Å². The highest BCUT2D eigenvalue weighted by molar-refractivity contribution is 6.14. The number of hydrogen-bond acceptors (Lipinski definition) is 2. The van der Waals surface area contributed by atoms with Crippen molar-refractivity contribution >= 4 is 55.7 Å².